The quantitative estimate of drug-likeness (QED) is 0.672. The van der Waals surface area contributed by atoms with Crippen LogP contribution < -0.4 is 0 Å². The number of hydrogen-bond acceptors (Lipinski definition) is 0. The van der Waals surface area contributed by atoms with Crippen LogP contribution in [0.4, 0.5) is 0 Å². The number of rotatable bonds is 3. The summed E-state index contributed by atoms with van der Waals surface area (Å²) in [5, 5.41) is 0. The van der Waals surface area contributed by atoms with E-state index in [9.17, 15) is 0 Å². The predicted molar refractivity (Wildman–Crippen MR) is 70.8 cm³/mol. The van der Waals surface area contributed by atoms with E-state index in [0.717, 1.165) is 5.92 Å². The molecular weight excluding hydrogens is 192 g/mol. The van der Waals surface area contributed by atoms with Gasteiger partial charge in [-0.1, -0.05) is 51.5 Å². The van der Waals surface area contributed by atoms with Crippen molar-refractivity contribution in [3.8, 4) is 0 Å². The number of benzene rings is 1. The maximum absolute atomic E-state index is 2.35. The summed E-state index contributed by atoms with van der Waals surface area (Å²) in [6.45, 7) is 6.95. The fourth-order valence-corrected chi connectivity index (χ4v) is 2.22. The first-order valence-electron chi connectivity index (χ1n) is 6.63. The van der Waals surface area contributed by atoms with Gasteiger partial charge in [0, 0.05) is 0 Å². The lowest BCUT2D eigenvalue weighted by Crippen LogP contribution is -2.09. The maximum Gasteiger partial charge on any atom is -0.0162 e. The topological polar surface area (TPSA) is 0 Å². The molecule has 16 heavy (non-hydrogen) atoms. The van der Waals surface area contributed by atoms with Gasteiger partial charge in [-0.15, -0.1) is 0 Å². The minimum Gasteiger partial charge on any atom is -0.0602 e. The molecule has 1 saturated carbocycles. The van der Waals surface area contributed by atoms with E-state index in [1.54, 1.807) is 5.56 Å². The average molecular weight is 216 g/mol. The molecular formula is C16H24. The summed E-state index contributed by atoms with van der Waals surface area (Å²) in [5.41, 5.74) is 3.51. The van der Waals surface area contributed by atoms with Gasteiger partial charge in [-0.3, -0.25) is 0 Å². The minimum absolute atomic E-state index is 0.451. The Morgan fingerprint density at radius 2 is 1.69 bits per heavy atom. The first-order chi connectivity index (χ1) is 7.54. The second-order valence-electron chi connectivity index (χ2n) is 6.43. The minimum atomic E-state index is 0.451. The second kappa shape index (κ2) is 4.61. The Hall–Kier alpha value is -0.780. The summed E-state index contributed by atoms with van der Waals surface area (Å²) in [6, 6.07) is 9.36. The van der Waals surface area contributed by atoms with Crippen molar-refractivity contribution < 1.29 is 0 Å². The molecule has 0 heteroatoms. The van der Waals surface area contributed by atoms with Gasteiger partial charge in [-0.2, -0.15) is 0 Å². The van der Waals surface area contributed by atoms with Gasteiger partial charge in [0.2, 0.25) is 0 Å². The molecule has 0 amide bonds. The lowest BCUT2D eigenvalue weighted by Gasteiger charge is -2.26. The third-order valence-corrected chi connectivity index (χ3v) is 3.72. The van der Waals surface area contributed by atoms with Gasteiger partial charge < -0.3 is 0 Å². The lowest BCUT2D eigenvalue weighted by molar-refractivity contribution is 0.378. The molecule has 0 saturated heterocycles. The van der Waals surface area contributed by atoms with Crippen LogP contribution in [0.2, 0.25) is 0 Å². The molecule has 0 N–H and O–H groups in total. The normalized spacial score (nSPS) is 17.2. The van der Waals surface area contributed by atoms with Gasteiger partial charge in [-0.05, 0) is 48.1 Å². The van der Waals surface area contributed by atoms with Crippen molar-refractivity contribution >= 4 is 0 Å². The van der Waals surface area contributed by atoms with Gasteiger partial charge in [0.25, 0.3) is 0 Å². The Bertz CT molecular complexity index is 322. The first kappa shape index (κ1) is 11.7. The molecule has 1 aliphatic rings. The SMILES string of the molecule is CC(C)(C)CCc1ccc(C2CCC2)cc1. The van der Waals surface area contributed by atoms with Crippen molar-refractivity contribution in [3.05, 3.63) is 35.4 Å². The molecule has 0 bridgehead atoms. The monoisotopic (exact) mass is 216 g/mol. The van der Waals surface area contributed by atoms with Gasteiger partial charge >= 0.3 is 0 Å². The zero-order chi connectivity index (χ0) is 11.6. The molecule has 0 unspecified atom stereocenters. The number of hydrogen-bond donors (Lipinski definition) is 0. The van der Waals surface area contributed by atoms with E-state index in [4.69, 9.17) is 0 Å². The molecule has 0 aromatic heterocycles. The molecule has 0 aliphatic heterocycles. The third-order valence-electron chi connectivity index (χ3n) is 3.72. The summed E-state index contributed by atoms with van der Waals surface area (Å²) in [4.78, 5) is 0. The molecule has 2 rings (SSSR count). The van der Waals surface area contributed by atoms with E-state index in [0.29, 0.717) is 5.41 Å². The second-order valence-corrected chi connectivity index (χ2v) is 6.43. The Morgan fingerprint density at radius 1 is 1.06 bits per heavy atom. The standard InChI is InChI=1S/C16H24/c1-16(2,3)12-11-13-7-9-15(10-8-13)14-5-4-6-14/h7-10,14H,4-6,11-12H2,1-3H3. The van der Waals surface area contributed by atoms with Crippen LogP contribution in [0.5, 0.6) is 0 Å². The van der Waals surface area contributed by atoms with Gasteiger partial charge in [0.15, 0.2) is 0 Å². The van der Waals surface area contributed by atoms with Crippen molar-refractivity contribution in [2.45, 2.75) is 58.8 Å². The Morgan fingerprint density at radius 3 is 2.12 bits per heavy atom. The maximum atomic E-state index is 2.35. The van der Waals surface area contributed by atoms with Crippen LogP contribution >= 0.6 is 0 Å². The fourth-order valence-electron chi connectivity index (χ4n) is 2.22. The van der Waals surface area contributed by atoms with Crippen LogP contribution in [-0.4, -0.2) is 0 Å². The van der Waals surface area contributed by atoms with Crippen LogP contribution in [0.25, 0.3) is 0 Å². The van der Waals surface area contributed by atoms with Crippen LogP contribution in [0.15, 0.2) is 24.3 Å². The van der Waals surface area contributed by atoms with E-state index in [1.165, 1.54) is 37.7 Å². The smallest absolute Gasteiger partial charge is 0.0162 e. The average Bonchev–Trinajstić information content (AvgIpc) is 2.13. The highest BCUT2D eigenvalue weighted by atomic mass is 14.2. The van der Waals surface area contributed by atoms with Gasteiger partial charge in [-0.25, -0.2) is 0 Å². The lowest BCUT2D eigenvalue weighted by atomic mass is 9.79. The van der Waals surface area contributed by atoms with E-state index in [-0.39, 0.29) is 0 Å². The first-order valence-corrected chi connectivity index (χ1v) is 6.63. The van der Waals surface area contributed by atoms with E-state index >= 15 is 0 Å². The zero-order valence-electron chi connectivity index (χ0n) is 10.9. The summed E-state index contributed by atoms with van der Waals surface area (Å²) >= 11 is 0. The number of aryl methyl sites for hydroxylation is 1. The van der Waals surface area contributed by atoms with Crippen LogP contribution in [0.3, 0.4) is 0 Å². The van der Waals surface area contributed by atoms with Crippen molar-refractivity contribution in [2.75, 3.05) is 0 Å². The van der Waals surface area contributed by atoms with Crippen molar-refractivity contribution in [1.82, 2.24) is 0 Å². The molecule has 0 heterocycles. The molecule has 0 spiro atoms. The van der Waals surface area contributed by atoms with E-state index < -0.39 is 0 Å². The molecule has 0 radical (unpaired) electrons. The Balaban J connectivity index is 1.91. The van der Waals surface area contributed by atoms with Gasteiger partial charge in [0.05, 0.1) is 0 Å². The van der Waals surface area contributed by atoms with Crippen LogP contribution in [0, 0.1) is 5.41 Å². The van der Waals surface area contributed by atoms with Crippen molar-refractivity contribution in [3.63, 3.8) is 0 Å². The third kappa shape index (κ3) is 3.10. The van der Waals surface area contributed by atoms with Crippen LogP contribution in [-0.2, 0) is 6.42 Å². The van der Waals surface area contributed by atoms with Crippen LogP contribution in [0.1, 0.15) is 63.5 Å². The zero-order valence-corrected chi connectivity index (χ0v) is 10.9. The molecule has 1 aromatic carbocycles. The van der Waals surface area contributed by atoms with Crippen molar-refractivity contribution in [2.24, 2.45) is 5.41 Å². The Labute approximate surface area is 100 Å². The molecule has 0 atom stereocenters. The predicted octanol–water partition coefficient (Wildman–Crippen LogP) is 4.93. The largest absolute Gasteiger partial charge is 0.0602 e. The summed E-state index contributed by atoms with van der Waals surface area (Å²) < 4.78 is 0. The molecule has 88 valence electrons. The van der Waals surface area contributed by atoms with E-state index in [2.05, 4.69) is 45.0 Å². The van der Waals surface area contributed by atoms with E-state index in [1.807, 2.05) is 0 Å². The summed E-state index contributed by atoms with van der Waals surface area (Å²) in [5.74, 6) is 0.872. The molecule has 1 aromatic rings. The van der Waals surface area contributed by atoms with Gasteiger partial charge in [0.1, 0.15) is 0 Å². The fraction of sp³-hybridized carbons (Fsp3) is 0.625. The molecule has 1 aliphatic carbocycles. The highest BCUT2D eigenvalue weighted by Gasteiger charge is 2.19. The van der Waals surface area contributed by atoms with Crippen molar-refractivity contribution in [1.29, 1.82) is 0 Å². The summed E-state index contributed by atoms with van der Waals surface area (Å²) in [7, 11) is 0. The Kier molecular flexibility index (Phi) is 3.37. The summed E-state index contributed by atoms with van der Waals surface area (Å²) in [6.07, 6.45) is 6.73. The molecule has 1 fully saturated rings. The highest BCUT2D eigenvalue weighted by molar-refractivity contribution is 5.26. The molecule has 0 nitrogen and oxygen atoms in total. The highest BCUT2D eigenvalue weighted by Crippen LogP contribution is 2.36.